The Morgan fingerprint density at radius 2 is 2.07 bits per heavy atom. The summed E-state index contributed by atoms with van der Waals surface area (Å²) in [5.41, 5.74) is 4.75. The summed E-state index contributed by atoms with van der Waals surface area (Å²) in [5.74, 6) is -0.351. The van der Waals surface area contributed by atoms with E-state index in [0.717, 1.165) is 17.7 Å². The molecule has 159 valence electrons. The van der Waals surface area contributed by atoms with E-state index in [1.54, 1.807) is 43.2 Å². The first-order valence-corrected chi connectivity index (χ1v) is 10.1. The van der Waals surface area contributed by atoms with Crippen LogP contribution in [0.4, 0.5) is 5.82 Å². The smallest absolute Gasteiger partial charge is 0.264 e. The fourth-order valence-corrected chi connectivity index (χ4v) is 2.84. The van der Waals surface area contributed by atoms with Gasteiger partial charge in [-0.15, -0.1) is 0 Å². The first-order valence-electron chi connectivity index (χ1n) is 9.30. The Kier molecular flexibility index (Phi) is 9.76. The van der Waals surface area contributed by atoms with Crippen LogP contribution >= 0.6 is 0 Å². The van der Waals surface area contributed by atoms with Crippen molar-refractivity contribution in [2.75, 3.05) is 19.1 Å². The third-order valence-electron chi connectivity index (χ3n) is 4.24. The Balaban J connectivity index is 1.81. The Bertz CT molecular complexity index is 861. The van der Waals surface area contributed by atoms with E-state index >= 15 is 0 Å². The number of nitrogens with one attached hydrogen (secondary N) is 3. The van der Waals surface area contributed by atoms with Crippen LogP contribution in [0.1, 0.15) is 35.2 Å². The van der Waals surface area contributed by atoms with Crippen LogP contribution in [0.2, 0.25) is 0 Å². The summed E-state index contributed by atoms with van der Waals surface area (Å²) in [6.45, 7) is 4.68. The molecular weight excluding hydrogens is 470 g/mol. The van der Waals surface area contributed by atoms with Gasteiger partial charge in [-0.25, -0.2) is 0 Å². The molecule has 30 heavy (non-hydrogen) atoms. The van der Waals surface area contributed by atoms with Gasteiger partial charge in [0, 0.05) is 30.2 Å². The Morgan fingerprint density at radius 3 is 2.70 bits per heavy atom. The van der Waals surface area contributed by atoms with Gasteiger partial charge in [0.25, 0.3) is 0 Å². The summed E-state index contributed by atoms with van der Waals surface area (Å²) in [7, 11) is 1.30. The maximum atomic E-state index is 12.4. The van der Waals surface area contributed by atoms with Gasteiger partial charge in [-0.05, 0) is 12.1 Å². The summed E-state index contributed by atoms with van der Waals surface area (Å²) < 4.78 is 8.55. The van der Waals surface area contributed by atoms with E-state index < -0.39 is 12.0 Å². The van der Waals surface area contributed by atoms with Crippen LogP contribution in [0.3, 0.4) is 0 Å². The number of unbranched alkanes of at least 4 members (excludes halogenated alkanes) is 1. The van der Waals surface area contributed by atoms with Gasteiger partial charge in [-0.1, -0.05) is 6.58 Å². The van der Waals surface area contributed by atoms with Gasteiger partial charge in [0.05, 0.1) is 0 Å². The van der Waals surface area contributed by atoms with Crippen molar-refractivity contribution in [1.29, 1.82) is 0 Å². The number of amides is 1. The molecule has 0 aromatic carbocycles. The summed E-state index contributed by atoms with van der Waals surface area (Å²) >= 11 is 1.80. The van der Waals surface area contributed by atoms with Gasteiger partial charge >= 0.3 is 126 Å². The van der Waals surface area contributed by atoms with Gasteiger partial charge in [-0.2, -0.15) is 0 Å². The van der Waals surface area contributed by atoms with Crippen molar-refractivity contribution < 1.29 is 33.0 Å². The molecule has 0 saturated heterocycles. The molecule has 2 heterocycles. The number of aromatic nitrogens is 2. The average molecular weight is 494 g/mol. The van der Waals surface area contributed by atoms with Crippen molar-refractivity contribution in [1.82, 2.24) is 20.6 Å². The number of hydrogen-bond acceptors (Lipinski definition) is 8. The predicted molar refractivity (Wildman–Crippen MR) is 109 cm³/mol. The number of carbonyl (C=O) groups is 2. The molecule has 0 spiro atoms. The van der Waals surface area contributed by atoms with E-state index in [1.165, 1.54) is 13.3 Å². The number of hydrogen-bond donors (Lipinski definition) is 3. The van der Waals surface area contributed by atoms with Gasteiger partial charge in [0.1, 0.15) is 0 Å². The number of carbonyl (C=O) groups excluding carboxylic acids is 2. The minimum Gasteiger partial charge on any atom is -0.264 e. The third kappa shape index (κ3) is 7.46. The van der Waals surface area contributed by atoms with Crippen molar-refractivity contribution in [2.45, 2.75) is 25.3 Å². The number of ether oxygens (including phenoxy) is 1. The molecule has 1 unspecified atom stereocenters. The van der Waals surface area contributed by atoms with Crippen LogP contribution in [-0.2, 0) is 28.2 Å². The Hall–Kier alpha value is -2.97. The molecule has 0 saturated carbocycles. The molecule has 2 rings (SSSR count). The SMILES string of the molecule is C=C(NCCCCC(NC(=O)c1ccc(N[N]=[Tc])nc1)C(=O)OC)c1cccnc1. The molecule has 3 N–H and O–H groups in total. The van der Waals surface area contributed by atoms with Crippen LogP contribution in [-0.4, -0.2) is 41.5 Å². The molecule has 0 bridgehead atoms. The average Bonchev–Trinajstić information content (AvgIpc) is 2.78. The fraction of sp³-hybridized carbons (Fsp3) is 0.300. The number of esters is 1. The molecule has 0 aliphatic carbocycles. The Labute approximate surface area is 185 Å². The number of pyridine rings is 2. The van der Waals surface area contributed by atoms with Crippen LogP contribution in [0, 0.1) is 0 Å². The second-order valence-corrected chi connectivity index (χ2v) is 6.74. The molecule has 0 fully saturated rings. The van der Waals surface area contributed by atoms with E-state index in [0.29, 0.717) is 30.8 Å². The first kappa shape index (κ1) is 23.3. The van der Waals surface area contributed by atoms with Crippen molar-refractivity contribution in [3.05, 3.63) is 60.6 Å². The third-order valence-corrected chi connectivity index (χ3v) is 4.45. The van der Waals surface area contributed by atoms with Crippen molar-refractivity contribution in [3.63, 3.8) is 0 Å². The Morgan fingerprint density at radius 1 is 1.23 bits per heavy atom. The summed E-state index contributed by atoms with van der Waals surface area (Å²) in [6.07, 6.45) is 6.84. The predicted octanol–water partition coefficient (Wildman–Crippen LogP) is 2.24. The van der Waals surface area contributed by atoms with E-state index in [1.807, 2.05) is 12.1 Å². The second kappa shape index (κ2) is 12.6. The van der Waals surface area contributed by atoms with Crippen molar-refractivity contribution >= 4 is 23.4 Å². The van der Waals surface area contributed by atoms with E-state index in [-0.39, 0.29) is 5.91 Å². The van der Waals surface area contributed by atoms with Gasteiger partial charge < -0.3 is 5.32 Å². The molecule has 10 heteroatoms. The zero-order chi connectivity index (χ0) is 21.8. The van der Waals surface area contributed by atoms with E-state index in [2.05, 4.69) is 36.3 Å². The number of nitrogens with zero attached hydrogens (tertiary/aromatic N) is 3. The second-order valence-electron chi connectivity index (χ2n) is 6.32. The van der Waals surface area contributed by atoms with E-state index in [4.69, 9.17) is 4.74 Å². The maximum absolute atomic E-state index is 12.4. The molecule has 0 radical (unpaired) electrons. The van der Waals surface area contributed by atoms with Crippen molar-refractivity contribution in [3.8, 4) is 0 Å². The minimum absolute atomic E-state index is 0.345. The zero-order valence-corrected chi connectivity index (χ0v) is 18.5. The van der Waals surface area contributed by atoms with Crippen LogP contribution in [0.5, 0.6) is 0 Å². The van der Waals surface area contributed by atoms with Gasteiger partial charge in [-0.3, -0.25) is 4.98 Å². The van der Waals surface area contributed by atoms with Crippen LogP contribution in [0.25, 0.3) is 5.70 Å². The molecule has 2 aromatic heterocycles. The molecule has 0 aliphatic rings. The van der Waals surface area contributed by atoms with Crippen LogP contribution in [0.15, 0.2) is 53.2 Å². The van der Waals surface area contributed by atoms with Gasteiger partial charge in [0.2, 0.25) is 0 Å². The molecule has 2 aromatic rings. The van der Waals surface area contributed by atoms with Crippen molar-refractivity contribution in [2.24, 2.45) is 3.72 Å². The zero-order valence-electron chi connectivity index (χ0n) is 16.6. The van der Waals surface area contributed by atoms with Crippen LogP contribution < -0.4 is 16.1 Å². The molecular formula is C20H24N6O3Tc. The quantitative estimate of drug-likeness (QED) is 0.235. The standard InChI is InChI=1S/C20H24N6O3.Tc/c1-14(15-6-5-10-22-12-15)23-11-4-3-7-17(20(28)29-2)25-19(27)16-8-9-18(26-21)24-13-16;/h5-6,8-10,12-13,17,23H,1,3-4,7,11H2,2H3,(H,24,26)(H,25,27);. The first-order chi connectivity index (χ1) is 14.5. The fourth-order valence-electron chi connectivity index (χ4n) is 2.63. The minimum atomic E-state index is -0.730. The number of rotatable bonds is 12. The summed E-state index contributed by atoms with van der Waals surface area (Å²) in [6, 6.07) is 6.29. The summed E-state index contributed by atoms with van der Waals surface area (Å²) in [4.78, 5) is 32.7. The van der Waals surface area contributed by atoms with Gasteiger partial charge in [0.15, 0.2) is 0 Å². The monoisotopic (exact) mass is 493 g/mol. The number of anilines is 1. The van der Waals surface area contributed by atoms with E-state index in [9.17, 15) is 9.59 Å². The molecule has 1 atom stereocenters. The normalized spacial score (nSPS) is 11.1. The number of methoxy groups -OCH3 is 1. The molecule has 0 aliphatic heterocycles. The molecule has 9 nitrogen and oxygen atoms in total. The molecule has 1 amide bonds. The topological polar surface area (TPSA) is 118 Å². The summed E-state index contributed by atoms with van der Waals surface area (Å²) in [5, 5.41) is 5.95.